The minimum atomic E-state index is -0.306. The first-order valence-electron chi connectivity index (χ1n) is 11.0. The number of carbonyl (C=O) groups excluding carboxylic acids is 1. The van der Waals surface area contributed by atoms with E-state index in [-0.39, 0.29) is 11.9 Å². The molecule has 0 bridgehead atoms. The molecule has 3 heterocycles. The van der Waals surface area contributed by atoms with Gasteiger partial charge in [-0.25, -0.2) is 4.98 Å². The van der Waals surface area contributed by atoms with Gasteiger partial charge in [-0.1, -0.05) is 13.5 Å². The van der Waals surface area contributed by atoms with Crippen LogP contribution in [0.25, 0.3) is 0 Å². The van der Waals surface area contributed by atoms with Crippen molar-refractivity contribution >= 4 is 34.7 Å². The smallest absolute Gasteiger partial charge is 0.247 e. The minimum Gasteiger partial charge on any atom is -0.377 e. The fourth-order valence-corrected chi connectivity index (χ4v) is 3.71. The highest BCUT2D eigenvalue weighted by atomic mass is 16.5. The van der Waals surface area contributed by atoms with Gasteiger partial charge in [0.15, 0.2) is 0 Å². The second kappa shape index (κ2) is 10.3. The van der Waals surface area contributed by atoms with Crippen molar-refractivity contribution in [3.63, 3.8) is 0 Å². The monoisotopic (exact) mass is 448 g/mol. The van der Waals surface area contributed by atoms with Crippen molar-refractivity contribution in [1.82, 2.24) is 14.9 Å². The Bertz CT molecular complexity index is 1050. The van der Waals surface area contributed by atoms with Gasteiger partial charge in [-0.2, -0.15) is 10.2 Å². The Morgan fingerprint density at radius 1 is 1.30 bits per heavy atom. The maximum Gasteiger partial charge on any atom is 0.247 e. The predicted molar refractivity (Wildman–Crippen MR) is 128 cm³/mol. The molecule has 1 aromatic heterocycles. The van der Waals surface area contributed by atoms with Crippen LogP contribution < -0.4 is 20.9 Å². The topological polar surface area (TPSA) is 118 Å². The molecule has 0 spiro atoms. The molecule has 0 radical (unpaired) electrons. The van der Waals surface area contributed by atoms with Crippen molar-refractivity contribution in [2.45, 2.75) is 13.0 Å². The van der Waals surface area contributed by atoms with Crippen molar-refractivity contribution < 1.29 is 9.53 Å². The molecule has 2 saturated heterocycles. The fourth-order valence-electron chi connectivity index (χ4n) is 3.71. The normalized spacial score (nSPS) is 16.4. The first kappa shape index (κ1) is 22.5. The van der Waals surface area contributed by atoms with Gasteiger partial charge in [0, 0.05) is 31.9 Å². The van der Waals surface area contributed by atoms with Crippen molar-refractivity contribution in [1.29, 1.82) is 5.26 Å². The van der Waals surface area contributed by atoms with Crippen LogP contribution in [-0.2, 0) is 9.53 Å². The van der Waals surface area contributed by atoms with Crippen molar-refractivity contribution in [3.8, 4) is 6.07 Å². The molecular formula is C23H28N8O2. The number of ether oxygens (including phenoxy) is 1. The molecule has 0 aliphatic carbocycles. The summed E-state index contributed by atoms with van der Waals surface area (Å²) < 4.78 is 5.18. The van der Waals surface area contributed by atoms with E-state index in [9.17, 15) is 10.1 Å². The molecule has 1 aromatic carbocycles. The van der Waals surface area contributed by atoms with E-state index in [0.717, 1.165) is 38.4 Å². The van der Waals surface area contributed by atoms with Crippen LogP contribution >= 0.6 is 0 Å². The van der Waals surface area contributed by atoms with E-state index in [2.05, 4.69) is 55.3 Å². The zero-order valence-corrected chi connectivity index (χ0v) is 18.7. The summed E-state index contributed by atoms with van der Waals surface area (Å²) in [6, 6.07) is 8.08. The highest BCUT2D eigenvalue weighted by Crippen LogP contribution is 2.31. The zero-order valence-electron chi connectivity index (χ0n) is 18.7. The van der Waals surface area contributed by atoms with Gasteiger partial charge in [0.05, 0.1) is 36.8 Å². The molecule has 0 atom stereocenters. The van der Waals surface area contributed by atoms with Gasteiger partial charge in [0.1, 0.15) is 17.5 Å². The van der Waals surface area contributed by atoms with Gasteiger partial charge in [-0.05, 0) is 30.8 Å². The molecule has 1 amide bonds. The van der Waals surface area contributed by atoms with E-state index < -0.39 is 0 Å². The summed E-state index contributed by atoms with van der Waals surface area (Å²) in [4.78, 5) is 25.5. The van der Waals surface area contributed by atoms with Crippen LogP contribution in [-0.4, -0.2) is 72.8 Å². The van der Waals surface area contributed by atoms with Crippen LogP contribution in [0.2, 0.25) is 0 Å². The van der Waals surface area contributed by atoms with Gasteiger partial charge in [-0.3, -0.25) is 4.79 Å². The summed E-state index contributed by atoms with van der Waals surface area (Å²) >= 11 is 0. The van der Waals surface area contributed by atoms with Gasteiger partial charge >= 0.3 is 0 Å². The van der Waals surface area contributed by atoms with E-state index in [1.807, 2.05) is 18.2 Å². The van der Waals surface area contributed by atoms with Crippen LogP contribution in [0.15, 0.2) is 37.1 Å². The SMILES string of the molecule is C=CC(=O)Nc1cc(N2CCN(CC)CC2)ccc1Nc1ncc(C#N)c(NC2COC2)n1. The molecule has 2 aliphatic heterocycles. The van der Waals surface area contributed by atoms with Gasteiger partial charge in [0.25, 0.3) is 0 Å². The number of nitriles is 1. The Labute approximate surface area is 193 Å². The number of hydrogen-bond donors (Lipinski definition) is 3. The third-order valence-corrected chi connectivity index (χ3v) is 5.77. The Hall–Kier alpha value is -3.68. The summed E-state index contributed by atoms with van der Waals surface area (Å²) in [6.07, 6.45) is 2.71. The summed E-state index contributed by atoms with van der Waals surface area (Å²) in [5.41, 5.74) is 2.63. The molecule has 2 aromatic rings. The Morgan fingerprint density at radius 3 is 2.73 bits per heavy atom. The lowest BCUT2D eigenvalue weighted by molar-refractivity contribution is -0.111. The predicted octanol–water partition coefficient (Wildman–Crippen LogP) is 2.17. The molecule has 10 heteroatoms. The number of benzene rings is 1. The van der Waals surface area contributed by atoms with E-state index in [1.165, 1.54) is 12.3 Å². The van der Waals surface area contributed by atoms with Crippen LogP contribution in [0.3, 0.4) is 0 Å². The second-order valence-electron chi connectivity index (χ2n) is 7.92. The summed E-state index contributed by atoms with van der Waals surface area (Å²) in [5, 5.41) is 18.6. The number of likely N-dealkylation sites (N-methyl/N-ethyl adjacent to an activating group) is 1. The van der Waals surface area contributed by atoms with Crippen LogP contribution in [0.4, 0.5) is 28.8 Å². The number of hydrogen-bond acceptors (Lipinski definition) is 9. The van der Waals surface area contributed by atoms with Crippen LogP contribution in [0.5, 0.6) is 0 Å². The summed E-state index contributed by atoms with van der Waals surface area (Å²) in [5.74, 6) is 0.458. The number of nitrogens with one attached hydrogen (secondary N) is 3. The summed E-state index contributed by atoms with van der Waals surface area (Å²) in [6.45, 7) is 11.8. The average Bonchev–Trinajstić information content (AvgIpc) is 2.82. The average molecular weight is 449 g/mol. The molecule has 2 fully saturated rings. The Morgan fingerprint density at radius 2 is 2.09 bits per heavy atom. The Balaban J connectivity index is 1.57. The second-order valence-corrected chi connectivity index (χ2v) is 7.92. The number of nitrogens with zero attached hydrogens (tertiary/aromatic N) is 5. The van der Waals surface area contributed by atoms with E-state index in [1.54, 1.807) is 0 Å². The van der Waals surface area contributed by atoms with Crippen LogP contribution in [0.1, 0.15) is 12.5 Å². The van der Waals surface area contributed by atoms with Gasteiger partial charge in [-0.15, -0.1) is 0 Å². The largest absolute Gasteiger partial charge is 0.377 e. The molecule has 172 valence electrons. The fraction of sp³-hybridized carbons (Fsp3) is 0.391. The number of aromatic nitrogens is 2. The van der Waals surface area contributed by atoms with Crippen LogP contribution in [0, 0.1) is 11.3 Å². The number of anilines is 5. The van der Waals surface area contributed by atoms with E-state index in [4.69, 9.17) is 4.74 Å². The highest BCUT2D eigenvalue weighted by molar-refractivity contribution is 6.01. The minimum absolute atomic E-state index is 0.120. The number of piperazine rings is 1. The van der Waals surface area contributed by atoms with E-state index in [0.29, 0.717) is 41.9 Å². The quantitative estimate of drug-likeness (QED) is 0.522. The first-order chi connectivity index (χ1) is 16.1. The van der Waals surface area contributed by atoms with Crippen molar-refractivity contribution in [2.24, 2.45) is 0 Å². The lowest BCUT2D eigenvalue weighted by Gasteiger charge is -2.35. The lowest BCUT2D eigenvalue weighted by atomic mass is 10.2. The lowest BCUT2D eigenvalue weighted by Crippen LogP contribution is -2.46. The molecule has 33 heavy (non-hydrogen) atoms. The molecule has 0 saturated carbocycles. The molecule has 3 N–H and O–H groups in total. The number of rotatable bonds is 8. The van der Waals surface area contributed by atoms with Crippen molar-refractivity contribution in [2.75, 3.05) is 66.8 Å². The highest BCUT2D eigenvalue weighted by Gasteiger charge is 2.21. The molecule has 10 nitrogen and oxygen atoms in total. The third-order valence-electron chi connectivity index (χ3n) is 5.77. The standard InChI is InChI=1S/C23H28N8O2/c1-3-21(32)27-20-11-18(31-9-7-30(4-2)8-10-31)5-6-19(20)28-23-25-13-16(12-24)22(29-23)26-17-14-33-15-17/h3,5-6,11,13,17H,1,4,7-10,14-15H2,2H3,(H,27,32)(H2,25,26,28,29). The first-order valence-corrected chi connectivity index (χ1v) is 11.0. The van der Waals surface area contributed by atoms with Gasteiger partial charge in [0.2, 0.25) is 11.9 Å². The molecule has 2 aliphatic rings. The summed E-state index contributed by atoms with van der Waals surface area (Å²) in [7, 11) is 0. The molecule has 4 rings (SSSR count). The van der Waals surface area contributed by atoms with Gasteiger partial charge < -0.3 is 30.5 Å². The maximum atomic E-state index is 12.1. The third kappa shape index (κ3) is 5.39. The Kier molecular flexibility index (Phi) is 7.02. The van der Waals surface area contributed by atoms with E-state index >= 15 is 0 Å². The zero-order chi connectivity index (χ0) is 23.2. The molecule has 0 unspecified atom stereocenters. The van der Waals surface area contributed by atoms with Crippen molar-refractivity contribution in [3.05, 3.63) is 42.6 Å². The number of carbonyl (C=O) groups is 1. The maximum absolute atomic E-state index is 12.1. The number of amides is 1. The molecular weight excluding hydrogens is 420 g/mol.